The van der Waals surface area contributed by atoms with Crippen molar-refractivity contribution in [1.82, 2.24) is 15.3 Å². The van der Waals surface area contributed by atoms with Gasteiger partial charge in [0.2, 0.25) is 0 Å². The zero-order chi connectivity index (χ0) is 16.4. The maximum absolute atomic E-state index is 11.5. The Bertz CT molecular complexity index is 680. The molecule has 3 atom stereocenters. The average Bonchev–Trinajstić information content (AvgIpc) is 3.22. The van der Waals surface area contributed by atoms with Crippen molar-refractivity contribution in [3.8, 4) is 0 Å². The van der Waals surface area contributed by atoms with Gasteiger partial charge in [0.05, 0.1) is 13.3 Å². The predicted octanol–water partition coefficient (Wildman–Crippen LogP) is 1.57. The number of hydrazone groups is 1. The molecule has 2 aliphatic rings. The molecule has 0 aliphatic heterocycles. The smallest absolute Gasteiger partial charge is 0.354 e. The number of nitrogens with zero attached hydrogens (tertiary/aromatic N) is 2. The summed E-state index contributed by atoms with van der Waals surface area (Å²) >= 11 is 5.27. The quantitative estimate of drug-likeness (QED) is 0.288. The van der Waals surface area contributed by atoms with Gasteiger partial charge in [-0.2, -0.15) is 5.10 Å². The van der Waals surface area contributed by atoms with Crippen molar-refractivity contribution in [3.63, 3.8) is 0 Å². The van der Waals surface area contributed by atoms with Crippen LogP contribution in [0.5, 0.6) is 0 Å². The molecular formula is C16H20N4O2S. The van der Waals surface area contributed by atoms with Crippen LogP contribution in [-0.4, -0.2) is 35.0 Å². The van der Waals surface area contributed by atoms with Gasteiger partial charge in [0.25, 0.3) is 0 Å². The van der Waals surface area contributed by atoms with E-state index in [4.69, 9.17) is 17.0 Å². The number of hydrogen-bond donors (Lipinski definition) is 2. The van der Waals surface area contributed by atoms with E-state index in [0.717, 1.165) is 12.0 Å². The lowest BCUT2D eigenvalue weighted by atomic mass is 10.0. The molecule has 0 radical (unpaired) electrons. The fourth-order valence-corrected chi connectivity index (χ4v) is 3.49. The molecule has 3 rings (SSSR count). The van der Waals surface area contributed by atoms with Gasteiger partial charge in [-0.25, -0.2) is 4.79 Å². The summed E-state index contributed by atoms with van der Waals surface area (Å²) in [6, 6.07) is 2.12. The summed E-state index contributed by atoms with van der Waals surface area (Å²) in [6.07, 6.45) is 10.4. The van der Waals surface area contributed by atoms with Crippen LogP contribution < -0.4 is 10.7 Å². The maximum Gasteiger partial charge on any atom is 0.354 e. The van der Waals surface area contributed by atoms with Gasteiger partial charge in [-0.3, -0.25) is 5.43 Å². The van der Waals surface area contributed by atoms with E-state index in [1.807, 2.05) is 0 Å². The Hall–Kier alpha value is -2.15. The molecule has 1 heterocycles. The van der Waals surface area contributed by atoms with Crippen LogP contribution in [0.15, 0.2) is 29.5 Å². The zero-order valence-corrected chi connectivity index (χ0v) is 14.0. The lowest BCUT2D eigenvalue weighted by Gasteiger charge is -2.20. The minimum atomic E-state index is -0.373. The van der Waals surface area contributed by atoms with Crippen molar-refractivity contribution in [2.24, 2.45) is 24.0 Å². The van der Waals surface area contributed by atoms with Gasteiger partial charge in [-0.1, -0.05) is 12.2 Å². The van der Waals surface area contributed by atoms with Crippen LogP contribution in [0.2, 0.25) is 0 Å². The normalized spacial score (nSPS) is 25.0. The van der Waals surface area contributed by atoms with Gasteiger partial charge in [-0.05, 0) is 43.0 Å². The van der Waals surface area contributed by atoms with E-state index in [-0.39, 0.29) is 5.97 Å². The van der Waals surface area contributed by atoms with Crippen LogP contribution in [0.3, 0.4) is 0 Å². The first-order valence-electron chi connectivity index (χ1n) is 7.59. The third kappa shape index (κ3) is 3.44. The Morgan fingerprint density at radius 3 is 2.96 bits per heavy atom. The molecule has 0 aromatic carbocycles. The second kappa shape index (κ2) is 6.54. The number of aryl methyl sites for hydroxylation is 1. The van der Waals surface area contributed by atoms with Crippen LogP contribution in [-0.2, 0) is 11.8 Å². The highest BCUT2D eigenvalue weighted by molar-refractivity contribution is 7.80. The van der Waals surface area contributed by atoms with E-state index >= 15 is 0 Å². The first-order valence-corrected chi connectivity index (χ1v) is 8.00. The highest BCUT2D eigenvalue weighted by Gasteiger charge is 2.35. The predicted molar refractivity (Wildman–Crippen MR) is 92.4 cm³/mol. The molecule has 122 valence electrons. The topological polar surface area (TPSA) is 67.7 Å². The molecule has 7 heteroatoms. The summed E-state index contributed by atoms with van der Waals surface area (Å²) in [7, 11) is 3.14. The highest BCUT2D eigenvalue weighted by atomic mass is 32.1. The number of fused-ring (bicyclic) bond motifs is 2. The summed E-state index contributed by atoms with van der Waals surface area (Å²) in [6.45, 7) is 0. The van der Waals surface area contributed by atoms with E-state index in [0.29, 0.717) is 28.7 Å². The van der Waals surface area contributed by atoms with Gasteiger partial charge < -0.3 is 14.6 Å². The summed E-state index contributed by atoms with van der Waals surface area (Å²) < 4.78 is 6.42. The Kier molecular flexibility index (Phi) is 4.47. The third-order valence-electron chi connectivity index (χ3n) is 4.40. The number of ether oxygens (including phenoxy) is 1. The monoisotopic (exact) mass is 332 g/mol. The summed E-state index contributed by atoms with van der Waals surface area (Å²) in [5, 5.41) is 7.96. The lowest BCUT2D eigenvalue weighted by Crippen LogP contribution is -2.42. The molecule has 6 nitrogen and oxygen atoms in total. The van der Waals surface area contributed by atoms with Crippen molar-refractivity contribution in [3.05, 3.63) is 35.7 Å². The number of allylic oxidation sites excluding steroid dienone is 1. The van der Waals surface area contributed by atoms with E-state index < -0.39 is 0 Å². The van der Waals surface area contributed by atoms with Crippen LogP contribution in [0.1, 0.15) is 28.9 Å². The second-order valence-corrected chi connectivity index (χ2v) is 6.40. The summed E-state index contributed by atoms with van der Waals surface area (Å²) in [4.78, 5) is 11.5. The molecule has 2 aliphatic carbocycles. The lowest BCUT2D eigenvalue weighted by molar-refractivity contribution is 0.0590. The van der Waals surface area contributed by atoms with Crippen molar-refractivity contribution >= 4 is 29.5 Å². The third-order valence-corrected chi connectivity index (χ3v) is 4.60. The van der Waals surface area contributed by atoms with Crippen molar-refractivity contribution in [2.75, 3.05) is 7.11 Å². The number of rotatable bonds is 4. The molecule has 1 saturated carbocycles. The van der Waals surface area contributed by atoms with Crippen molar-refractivity contribution < 1.29 is 9.53 Å². The molecular weight excluding hydrogens is 312 g/mol. The van der Waals surface area contributed by atoms with Gasteiger partial charge in [0, 0.05) is 24.8 Å². The molecule has 1 aromatic heterocycles. The molecule has 23 heavy (non-hydrogen) atoms. The number of esters is 1. The standard InChI is InChI=1S/C16H20N4O2S/c1-20-9-11(7-14(20)15(21)22-2)8-17-19-16(23)18-13-6-10-3-4-12(13)5-10/h3-4,7-10,12-13H,5-6H2,1-2H3,(H2,18,19,23)/b17-8-/t10-,12+,13+/m1/s1. The maximum atomic E-state index is 11.5. The van der Waals surface area contributed by atoms with Gasteiger partial charge in [0.1, 0.15) is 5.69 Å². The average molecular weight is 332 g/mol. The first kappa shape index (κ1) is 15.7. The van der Waals surface area contributed by atoms with Crippen LogP contribution >= 0.6 is 12.2 Å². The van der Waals surface area contributed by atoms with Crippen LogP contribution in [0.25, 0.3) is 0 Å². The fraction of sp³-hybridized carbons (Fsp3) is 0.438. The number of carbonyl (C=O) groups is 1. The number of methoxy groups -OCH3 is 1. The SMILES string of the molecule is COC(=O)c1cc(/C=N\NC(=S)N[C@H]2C[C@@H]3C=C[C@H]2C3)cn1C. The number of carbonyl (C=O) groups excluding carboxylic acids is 1. The Balaban J connectivity index is 1.51. The highest BCUT2D eigenvalue weighted by Crippen LogP contribution is 2.38. The molecule has 2 bridgehead atoms. The van der Waals surface area contributed by atoms with Crippen molar-refractivity contribution in [1.29, 1.82) is 0 Å². The molecule has 1 aromatic rings. The molecule has 0 amide bonds. The molecule has 0 unspecified atom stereocenters. The molecule has 0 spiro atoms. The minimum absolute atomic E-state index is 0.373. The van der Waals surface area contributed by atoms with Crippen molar-refractivity contribution in [2.45, 2.75) is 18.9 Å². The van der Waals surface area contributed by atoms with Gasteiger partial charge in [0.15, 0.2) is 5.11 Å². The Morgan fingerprint density at radius 1 is 1.48 bits per heavy atom. The number of nitrogens with one attached hydrogen (secondary N) is 2. The fourth-order valence-electron chi connectivity index (χ4n) is 3.28. The first-order chi connectivity index (χ1) is 11.1. The summed E-state index contributed by atoms with van der Waals surface area (Å²) in [5.41, 5.74) is 4.10. The number of thiocarbonyl (C=S) groups is 1. The molecule has 0 saturated heterocycles. The summed E-state index contributed by atoms with van der Waals surface area (Å²) in [5.74, 6) is 0.909. The second-order valence-electron chi connectivity index (χ2n) is 5.99. The number of aromatic nitrogens is 1. The number of hydrogen-bond acceptors (Lipinski definition) is 4. The van der Waals surface area contributed by atoms with E-state index in [2.05, 4.69) is 28.0 Å². The largest absolute Gasteiger partial charge is 0.464 e. The van der Waals surface area contributed by atoms with Crippen LogP contribution in [0, 0.1) is 11.8 Å². The molecule has 1 fully saturated rings. The van der Waals surface area contributed by atoms with Gasteiger partial charge >= 0.3 is 5.97 Å². The minimum Gasteiger partial charge on any atom is -0.464 e. The zero-order valence-electron chi connectivity index (χ0n) is 13.2. The molecule has 2 N–H and O–H groups in total. The Morgan fingerprint density at radius 2 is 2.30 bits per heavy atom. The van der Waals surface area contributed by atoms with E-state index in [1.165, 1.54) is 13.5 Å². The Labute approximate surface area is 140 Å². The van der Waals surface area contributed by atoms with Crippen LogP contribution in [0.4, 0.5) is 0 Å². The van der Waals surface area contributed by atoms with E-state index in [1.54, 1.807) is 30.1 Å². The van der Waals surface area contributed by atoms with E-state index in [9.17, 15) is 4.79 Å². The van der Waals surface area contributed by atoms with Gasteiger partial charge in [-0.15, -0.1) is 0 Å².